The molecule has 0 spiro atoms. The van der Waals surface area contributed by atoms with Crippen molar-refractivity contribution in [3.8, 4) is 0 Å². The molecule has 2 fully saturated rings. The summed E-state index contributed by atoms with van der Waals surface area (Å²) in [4.78, 5) is 25.1. The van der Waals surface area contributed by atoms with E-state index in [1.54, 1.807) is 11.8 Å². The van der Waals surface area contributed by atoms with Crippen LogP contribution in [0.4, 0.5) is 0 Å². The highest BCUT2D eigenvalue weighted by molar-refractivity contribution is 8.00. The lowest BCUT2D eigenvalue weighted by atomic mass is 10.3. The van der Waals surface area contributed by atoms with Crippen molar-refractivity contribution in [2.24, 2.45) is 5.73 Å². The number of nitrogens with two attached hydrogens (primary N) is 1. The molecule has 1 heterocycles. The lowest BCUT2D eigenvalue weighted by Gasteiger charge is -2.13. The average Bonchev–Trinajstić information content (AvgIpc) is 2.96. The number of carbonyl (C=O) groups excluding carboxylic acids is 2. The Hall–Kier alpha value is -0.550. The predicted molar refractivity (Wildman–Crippen MR) is 64.0 cm³/mol. The summed E-state index contributed by atoms with van der Waals surface area (Å²) in [6.07, 6.45) is 3.27. The van der Waals surface area contributed by atoms with Crippen molar-refractivity contribution in [3.63, 3.8) is 0 Å². The van der Waals surface area contributed by atoms with Gasteiger partial charge in [0.05, 0.1) is 5.25 Å². The van der Waals surface area contributed by atoms with Gasteiger partial charge in [0.2, 0.25) is 11.8 Å². The number of hydrogen-bond acceptors (Lipinski definition) is 4. The number of likely N-dealkylation sites (tertiary alicyclic amines) is 1. The summed E-state index contributed by atoms with van der Waals surface area (Å²) < 4.78 is 0. The second-order valence-corrected chi connectivity index (χ2v) is 5.97. The normalized spacial score (nSPS) is 27.6. The molecule has 4 nitrogen and oxygen atoms in total. The highest BCUT2D eigenvalue weighted by Gasteiger charge is 2.45. The van der Waals surface area contributed by atoms with Crippen LogP contribution >= 0.6 is 11.8 Å². The van der Waals surface area contributed by atoms with Crippen molar-refractivity contribution in [1.29, 1.82) is 0 Å². The van der Waals surface area contributed by atoms with E-state index in [4.69, 9.17) is 5.73 Å². The van der Waals surface area contributed by atoms with Gasteiger partial charge in [-0.3, -0.25) is 14.5 Å². The van der Waals surface area contributed by atoms with Gasteiger partial charge < -0.3 is 5.73 Å². The van der Waals surface area contributed by atoms with Crippen molar-refractivity contribution in [1.82, 2.24) is 4.90 Å². The lowest BCUT2D eigenvalue weighted by Crippen LogP contribution is -2.33. The molecule has 2 unspecified atom stereocenters. The fourth-order valence-electron chi connectivity index (χ4n) is 1.87. The molecule has 1 saturated heterocycles. The summed E-state index contributed by atoms with van der Waals surface area (Å²) in [6, 6.07) is 0.387. The number of carbonyl (C=O) groups is 2. The molecule has 1 aliphatic carbocycles. The first-order chi connectivity index (χ1) is 7.59. The van der Waals surface area contributed by atoms with Crippen LogP contribution in [0.2, 0.25) is 0 Å². The zero-order valence-electron chi connectivity index (χ0n) is 9.52. The molecule has 0 radical (unpaired) electrons. The quantitative estimate of drug-likeness (QED) is 0.723. The van der Waals surface area contributed by atoms with Crippen molar-refractivity contribution in [2.75, 3.05) is 5.75 Å². The van der Waals surface area contributed by atoms with Gasteiger partial charge in [-0.25, -0.2) is 0 Å². The molecule has 2 amide bonds. The van der Waals surface area contributed by atoms with Gasteiger partial charge in [0.1, 0.15) is 0 Å². The van der Waals surface area contributed by atoms with Crippen LogP contribution in [0.1, 0.15) is 32.6 Å². The third-order valence-corrected chi connectivity index (χ3v) is 4.19. The Bertz CT molecular complexity index is 302. The molecule has 2 aliphatic rings. The minimum Gasteiger partial charge on any atom is -0.328 e. The van der Waals surface area contributed by atoms with Crippen LogP contribution < -0.4 is 5.73 Å². The van der Waals surface area contributed by atoms with E-state index in [9.17, 15) is 9.59 Å². The zero-order valence-corrected chi connectivity index (χ0v) is 10.3. The summed E-state index contributed by atoms with van der Waals surface area (Å²) in [7, 11) is 0. The van der Waals surface area contributed by atoms with Crippen LogP contribution in [0, 0.1) is 0 Å². The van der Waals surface area contributed by atoms with E-state index in [1.807, 2.05) is 6.92 Å². The van der Waals surface area contributed by atoms with E-state index < -0.39 is 0 Å². The van der Waals surface area contributed by atoms with Gasteiger partial charge in [0, 0.05) is 18.5 Å². The summed E-state index contributed by atoms with van der Waals surface area (Å²) in [6.45, 7) is 1.96. The number of thioether (sulfide) groups is 1. The highest BCUT2D eigenvalue weighted by Crippen LogP contribution is 2.35. The molecule has 0 aromatic rings. The molecule has 1 aliphatic heterocycles. The lowest BCUT2D eigenvalue weighted by molar-refractivity contribution is -0.138. The number of nitrogens with zero attached hydrogens (tertiary/aromatic N) is 1. The maximum Gasteiger partial charge on any atom is 0.243 e. The molecule has 90 valence electrons. The topological polar surface area (TPSA) is 63.4 Å². The molecule has 0 aromatic heterocycles. The minimum absolute atomic E-state index is 0.0193. The Morgan fingerprint density at radius 1 is 1.50 bits per heavy atom. The van der Waals surface area contributed by atoms with Crippen LogP contribution in [0.25, 0.3) is 0 Å². The second-order valence-electron chi connectivity index (χ2n) is 4.66. The Morgan fingerprint density at radius 2 is 2.19 bits per heavy atom. The summed E-state index contributed by atoms with van der Waals surface area (Å²) >= 11 is 1.58. The Kier molecular flexibility index (Phi) is 3.54. The van der Waals surface area contributed by atoms with Crippen LogP contribution in [-0.2, 0) is 9.59 Å². The van der Waals surface area contributed by atoms with Gasteiger partial charge in [-0.15, -0.1) is 11.8 Å². The van der Waals surface area contributed by atoms with Gasteiger partial charge >= 0.3 is 0 Å². The van der Waals surface area contributed by atoms with E-state index in [-0.39, 0.29) is 29.1 Å². The average molecular weight is 242 g/mol. The molecule has 16 heavy (non-hydrogen) atoms. The fraction of sp³-hybridized carbons (Fsp3) is 0.818. The number of rotatable bonds is 5. The predicted octanol–water partition coefficient (Wildman–Crippen LogP) is 0.747. The monoisotopic (exact) mass is 242 g/mol. The van der Waals surface area contributed by atoms with Crippen LogP contribution in [0.3, 0.4) is 0 Å². The summed E-state index contributed by atoms with van der Waals surface area (Å²) in [5.74, 6) is 0.910. The smallest absolute Gasteiger partial charge is 0.243 e. The van der Waals surface area contributed by atoms with Crippen LogP contribution in [0.15, 0.2) is 0 Å². The molecule has 2 rings (SSSR count). The third-order valence-electron chi connectivity index (χ3n) is 2.95. The first-order valence-corrected chi connectivity index (χ1v) is 6.87. The molecular weight excluding hydrogens is 224 g/mol. The van der Waals surface area contributed by atoms with Crippen molar-refractivity contribution in [3.05, 3.63) is 0 Å². The molecule has 2 N–H and O–H groups in total. The Balaban J connectivity index is 1.83. The van der Waals surface area contributed by atoms with Gasteiger partial charge in [0.25, 0.3) is 0 Å². The van der Waals surface area contributed by atoms with Crippen LogP contribution in [-0.4, -0.2) is 39.8 Å². The SMILES string of the molecule is CC(N)CCSC1CC(=O)N(C2CC2)C1=O. The second kappa shape index (κ2) is 4.75. The van der Waals surface area contributed by atoms with Gasteiger partial charge in [0.15, 0.2) is 0 Å². The minimum atomic E-state index is -0.146. The molecule has 5 heteroatoms. The van der Waals surface area contributed by atoms with Crippen molar-refractivity contribution in [2.45, 2.75) is 49.9 Å². The van der Waals surface area contributed by atoms with Gasteiger partial charge in [-0.1, -0.05) is 0 Å². The standard InChI is InChI=1S/C11H18N2O2S/c1-7(12)4-5-16-9-6-10(14)13(11(9)15)8-2-3-8/h7-9H,2-6,12H2,1H3. The van der Waals surface area contributed by atoms with E-state index >= 15 is 0 Å². The van der Waals surface area contributed by atoms with E-state index in [1.165, 1.54) is 4.90 Å². The number of hydrogen-bond donors (Lipinski definition) is 1. The van der Waals surface area contributed by atoms with Gasteiger partial charge in [-0.05, 0) is 31.9 Å². The van der Waals surface area contributed by atoms with Crippen LogP contribution in [0.5, 0.6) is 0 Å². The third kappa shape index (κ3) is 2.58. The number of amides is 2. The molecule has 0 aromatic carbocycles. The fourth-order valence-corrected chi connectivity index (χ4v) is 3.17. The molecule has 2 atom stereocenters. The van der Waals surface area contributed by atoms with Gasteiger partial charge in [-0.2, -0.15) is 0 Å². The molecule has 1 saturated carbocycles. The molecule has 0 bridgehead atoms. The first-order valence-electron chi connectivity index (χ1n) is 5.82. The molecular formula is C11H18N2O2S. The van der Waals surface area contributed by atoms with E-state index in [2.05, 4.69) is 0 Å². The van der Waals surface area contributed by atoms with Crippen molar-refractivity contribution < 1.29 is 9.59 Å². The van der Waals surface area contributed by atoms with E-state index in [0.717, 1.165) is 25.0 Å². The Morgan fingerprint density at radius 3 is 2.75 bits per heavy atom. The zero-order chi connectivity index (χ0) is 11.7. The van der Waals surface area contributed by atoms with Crippen molar-refractivity contribution >= 4 is 23.6 Å². The number of imide groups is 1. The Labute approximate surface area is 99.9 Å². The maximum absolute atomic E-state index is 11.9. The first kappa shape index (κ1) is 11.9. The van der Waals surface area contributed by atoms with E-state index in [0.29, 0.717) is 6.42 Å². The highest BCUT2D eigenvalue weighted by atomic mass is 32.2. The summed E-state index contributed by atoms with van der Waals surface area (Å²) in [5.41, 5.74) is 5.65. The largest absolute Gasteiger partial charge is 0.328 e. The summed E-state index contributed by atoms with van der Waals surface area (Å²) in [5, 5.41) is -0.146. The maximum atomic E-state index is 11.9.